The van der Waals surface area contributed by atoms with Crippen LogP contribution in [0.4, 0.5) is 5.69 Å². The summed E-state index contributed by atoms with van der Waals surface area (Å²) in [6.45, 7) is 8.89. The van der Waals surface area contributed by atoms with Crippen molar-refractivity contribution in [2.45, 2.75) is 33.0 Å². The number of aryl methyl sites for hydroxylation is 1. The normalized spacial score (nSPS) is 10.7. The molecular formula is C13H19NSi. The molecule has 15 heavy (non-hydrogen) atoms. The number of rotatable bonds is 1. The molecule has 0 aromatic heterocycles. The van der Waals surface area contributed by atoms with E-state index in [2.05, 4.69) is 38.0 Å². The summed E-state index contributed by atoms with van der Waals surface area (Å²) in [7, 11) is -1.28. The molecule has 0 saturated heterocycles. The molecule has 0 spiro atoms. The van der Waals surface area contributed by atoms with Crippen molar-refractivity contribution in [1.82, 2.24) is 0 Å². The monoisotopic (exact) mass is 217 g/mol. The molecule has 0 unspecified atom stereocenters. The van der Waals surface area contributed by atoms with Crippen molar-refractivity contribution in [2.24, 2.45) is 0 Å². The predicted octanol–water partition coefficient (Wildman–Crippen LogP) is 3.06. The minimum absolute atomic E-state index is 0.824. The summed E-state index contributed by atoms with van der Waals surface area (Å²) in [4.78, 5) is 0. The number of anilines is 1. The molecule has 0 radical (unpaired) electrons. The van der Waals surface area contributed by atoms with Gasteiger partial charge in [0.2, 0.25) is 0 Å². The molecule has 0 saturated carbocycles. The largest absolute Gasteiger partial charge is 0.399 e. The molecule has 80 valence electrons. The summed E-state index contributed by atoms with van der Waals surface area (Å²) in [6.07, 6.45) is 0.987. The van der Waals surface area contributed by atoms with Gasteiger partial charge >= 0.3 is 0 Å². The third-order valence-electron chi connectivity index (χ3n) is 2.08. The van der Waals surface area contributed by atoms with E-state index in [4.69, 9.17) is 5.73 Å². The fourth-order valence-corrected chi connectivity index (χ4v) is 1.79. The first-order valence-electron chi connectivity index (χ1n) is 5.34. The summed E-state index contributed by atoms with van der Waals surface area (Å²) < 4.78 is 0. The van der Waals surface area contributed by atoms with Crippen LogP contribution in [0.3, 0.4) is 0 Å². The zero-order chi connectivity index (χ0) is 11.5. The summed E-state index contributed by atoms with van der Waals surface area (Å²) in [6, 6.07) is 5.98. The molecule has 1 nitrogen and oxygen atoms in total. The van der Waals surface area contributed by atoms with Gasteiger partial charge in [0.1, 0.15) is 8.07 Å². The third kappa shape index (κ3) is 3.81. The van der Waals surface area contributed by atoms with Crippen LogP contribution in [-0.4, -0.2) is 8.07 Å². The van der Waals surface area contributed by atoms with E-state index in [9.17, 15) is 0 Å². The molecule has 1 aromatic carbocycles. The lowest BCUT2D eigenvalue weighted by molar-refractivity contribution is 1.13. The van der Waals surface area contributed by atoms with Gasteiger partial charge in [-0.15, -0.1) is 5.54 Å². The minimum atomic E-state index is -1.28. The van der Waals surface area contributed by atoms with Crippen LogP contribution in [0.15, 0.2) is 18.2 Å². The molecule has 2 N–H and O–H groups in total. The van der Waals surface area contributed by atoms with Gasteiger partial charge in [-0.25, -0.2) is 0 Å². The fraction of sp³-hybridized carbons (Fsp3) is 0.385. The van der Waals surface area contributed by atoms with Crippen LogP contribution in [0.5, 0.6) is 0 Å². The maximum Gasteiger partial charge on any atom is 0.129 e. The van der Waals surface area contributed by atoms with Gasteiger partial charge in [0.15, 0.2) is 0 Å². The lowest BCUT2D eigenvalue weighted by atomic mass is 10.1. The topological polar surface area (TPSA) is 26.0 Å². The van der Waals surface area contributed by atoms with Gasteiger partial charge in [-0.05, 0) is 30.2 Å². The number of hydrogen-bond donors (Lipinski definition) is 1. The zero-order valence-electron chi connectivity index (χ0n) is 10.0. The van der Waals surface area contributed by atoms with Gasteiger partial charge in [0.25, 0.3) is 0 Å². The number of nitrogen functional groups attached to an aromatic ring is 1. The second-order valence-corrected chi connectivity index (χ2v) is 9.52. The Morgan fingerprint density at radius 3 is 2.47 bits per heavy atom. The summed E-state index contributed by atoms with van der Waals surface area (Å²) in [5.41, 5.74) is 12.3. The van der Waals surface area contributed by atoms with Gasteiger partial charge in [0, 0.05) is 11.3 Å². The van der Waals surface area contributed by atoms with Gasteiger partial charge in [0.05, 0.1) is 0 Å². The molecular weight excluding hydrogens is 198 g/mol. The Morgan fingerprint density at radius 2 is 1.93 bits per heavy atom. The van der Waals surface area contributed by atoms with E-state index in [0.717, 1.165) is 17.7 Å². The first kappa shape index (κ1) is 11.9. The van der Waals surface area contributed by atoms with Crippen LogP contribution in [0.25, 0.3) is 0 Å². The molecule has 1 rings (SSSR count). The van der Waals surface area contributed by atoms with Crippen LogP contribution >= 0.6 is 0 Å². The fourth-order valence-electron chi connectivity index (χ4n) is 1.28. The quantitative estimate of drug-likeness (QED) is 0.437. The molecule has 0 fully saturated rings. The van der Waals surface area contributed by atoms with Crippen LogP contribution in [0, 0.1) is 11.5 Å². The van der Waals surface area contributed by atoms with Gasteiger partial charge in [-0.3, -0.25) is 0 Å². The zero-order valence-corrected chi connectivity index (χ0v) is 11.0. The lowest BCUT2D eigenvalue weighted by Crippen LogP contribution is -2.16. The van der Waals surface area contributed by atoms with E-state index < -0.39 is 8.07 Å². The highest BCUT2D eigenvalue weighted by molar-refractivity contribution is 6.83. The highest BCUT2D eigenvalue weighted by atomic mass is 28.3. The summed E-state index contributed by atoms with van der Waals surface area (Å²) in [5, 5.41) is 0. The van der Waals surface area contributed by atoms with E-state index in [1.165, 1.54) is 5.56 Å². The Kier molecular flexibility index (Phi) is 3.60. The number of benzene rings is 1. The van der Waals surface area contributed by atoms with Crippen molar-refractivity contribution in [3.8, 4) is 11.5 Å². The standard InChI is InChI=1S/C13H19NSi/c1-5-11-10-13(14)7-6-12(11)8-9-15(2,3)4/h6-7,10H,5,14H2,1-4H3. The van der Waals surface area contributed by atoms with Crippen molar-refractivity contribution in [2.75, 3.05) is 5.73 Å². The maximum atomic E-state index is 5.75. The molecule has 0 amide bonds. The van der Waals surface area contributed by atoms with Gasteiger partial charge in [-0.1, -0.05) is 32.5 Å². The molecule has 0 atom stereocenters. The molecule has 1 aromatic rings. The number of nitrogens with two attached hydrogens (primary N) is 1. The highest BCUT2D eigenvalue weighted by Crippen LogP contribution is 2.13. The highest BCUT2D eigenvalue weighted by Gasteiger charge is 2.08. The number of hydrogen-bond acceptors (Lipinski definition) is 1. The predicted molar refractivity (Wildman–Crippen MR) is 70.5 cm³/mol. The molecule has 0 heterocycles. The summed E-state index contributed by atoms with van der Waals surface area (Å²) >= 11 is 0. The molecule has 0 aliphatic heterocycles. The first-order valence-corrected chi connectivity index (χ1v) is 8.84. The first-order chi connectivity index (χ1) is 6.92. The van der Waals surface area contributed by atoms with Gasteiger partial charge in [-0.2, -0.15) is 0 Å². The van der Waals surface area contributed by atoms with Crippen LogP contribution in [0.2, 0.25) is 19.6 Å². The van der Waals surface area contributed by atoms with E-state index in [1.807, 2.05) is 18.2 Å². The maximum absolute atomic E-state index is 5.75. The van der Waals surface area contributed by atoms with Crippen molar-refractivity contribution >= 4 is 13.8 Å². The third-order valence-corrected chi connectivity index (χ3v) is 2.96. The second kappa shape index (κ2) is 4.54. The molecule has 0 aliphatic carbocycles. The van der Waals surface area contributed by atoms with E-state index in [-0.39, 0.29) is 0 Å². The molecule has 0 aliphatic rings. The van der Waals surface area contributed by atoms with Crippen LogP contribution < -0.4 is 5.73 Å². The van der Waals surface area contributed by atoms with Crippen molar-refractivity contribution in [1.29, 1.82) is 0 Å². The van der Waals surface area contributed by atoms with Crippen molar-refractivity contribution < 1.29 is 0 Å². The van der Waals surface area contributed by atoms with E-state index in [0.29, 0.717) is 0 Å². The average molecular weight is 217 g/mol. The average Bonchev–Trinajstić information content (AvgIpc) is 2.14. The Labute approximate surface area is 93.7 Å². The summed E-state index contributed by atoms with van der Waals surface area (Å²) in [5.74, 6) is 3.29. The van der Waals surface area contributed by atoms with Crippen molar-refractivity contribution in [3.05, 3.63) is 29.3 Å². The lowest BCUT2D eigenvalue weighted by Gasteiger charge is -2.06. The van der Waals surface area contributed by atoms with E-state index >= 15 is 0 Å². The Morgan fingerprint density at radius 1 is 1.27 bits per heavy atom. The van der Waals surface area contributed by atoms with Crippen molar-refractivity contribution in [3.63, 3.8) is 0 Å². The Bertz CT molecular complexity index is 405. The second-order valence-electron chi connectivity index (χ2n) is 4.77. The Hall–Kier alpha value is -1.20. The van der Waals surface area contributed by atoms with Crippen LogP contribution in [-0.2, 0) is 6.42 Å². The SMILES string of the molecule is CCc1cc(N)ccc1C#C[Si](C)(C)C. The minimum Gasteiger partial charge on any atom is -0.399 e. The van der Waals surface area contributed by atoms with Crippen LogP contribution in [0.1, 0.15) is 18.1 Å². The Balaban J connectivity index is 3.08. The molecule has 2 heteroatoms. The smallest absolute Gasteiger partial charge is 0.129 e. The van der Waals surface area contributed by atoms with Gasteiger partial charge < -0.3 is 5.73 Å². The molecule has 0 bridgehead atoms. The van der Waals surface area contributed by atoms with E-state index in [1.54, 1.807) is 0 Å².